The van der Waals surface area contributed by atoms with Crippen molar-refractivity contribution < 1.29 is 14.4 Å². The first-order chi connectivity index (χ1) is 7.66. The third-order valence-corrected chi connectivity index (χ3v) is 3.90. The fraction of sp³-hybridized carbons (Fsp3) is 0.700. The van der Waals surface area contributed by atoms with Gasteiger partial charge in [-0.1, -0.05) is 0 Å². The van der Waals surface area contributed by atoms with Crippen molar-refractivity contribution in [2.75, 3.05) is 0 Å². The Balaban J connectivity index is 1.89. The highest BCUT2D eigenvalue weighted by Gasteiger charge is 2.49. The molecule has 2 bridgehead atoms. The molecule has 2 saturated carbocycles. The second kappa shape index (κ2) is 3.28. The minimum Gasteiger partial charge on any atom is -0.475 e. The topological polar surface area (TPSA) is 102 Å². The van der Waals surface area contributed by atoms with Crippen LogP contribution < -0.4 is 5.73 Å². The van der Waals surface area contributed by atoms with Crippen molar-refractivity contribution in [3.05, 3.63) is 11.7 Å². The van der Waals surface area contributed by atoms with Gasteiger partial charge in [-0.3, -0.25) is 0 Å². The van der Waals surface area contributed by atoms with E-state index >= 15 is 0 Å². The fourth-order valence-corrected chi connectivity index (χ4v) is 3.16. The van der Waals surface area contributed by atoms with E-state index in [4.69, 9.17) is 15.4 Å². The fourth-order valence-electron chi connectivity index (χ4n) is 3.16. The molecular formula is C10H13N3O3. The minimum atomic E-state index is -1.16. The van der Waals surface area contributed by atoms with Gasteiger partial charge in [0.25, 0.3) is 5.82 Å². The summed E-state index contributed by atoms with van der Waals surface area (Å²) in [4.78, 5) is 14.6. The highest BCUT2D eigenvalue weighted by Crippen LogP contribution is 2.51. The van der Waals surface area contributed by atoms with E-state index in [1.807, 2.05) is 0 Å². The molecule has 1 aromatic heterocycles. The molecule has 0 amide bonds. The van der Waals surface area contributed by atoms with Crippen LogP contribution in [0.1, 0.15) is 41.7 Å². The van der Waals surface area contributed by atoms with Crippen LogP contribution in [0.15, 0.2) is 4.52 Å². The number of carboxylic acid groups (broad SMARTS) is 1. The molecule has 2 aliphatic carbocycles. The van der Waals surface area contributed by atoms with E-state index in [0.717, 1.165) is 12.8 Å². The lowest BCUT2D eigenvalue weighted by Gasteiger charge is -2.24. The molecule has 3 rings (SSSR count). The Bertz CT molecular complexity index is 429. The SMILES string of the molecule is NC1C2CCC(C2)C1c1nc(C(=O)O)no1. The molecule has 6 heteroatoms. The second-order valence-corrected chi connectivity index (χ2v) is 4.70. The Morgan fingerprint density at radius 1 is 1.44 bits per heavy atom. The number of fused-ring (bicyclic) bond motifs is 2. The molecule has 86 valence electrons. The molecule has 2 fully saturated rings. The lowest BCUT2D eigenvalue weighted by molar-refractivity contribution is 0.0680. The summed E-state index contributed by atoms with van der Waals surface area (Å²) in [5.74, 6) is 0.0467. The summed E-state index contributed by atoms with van der Waals surface area (Å²) in [5.41, 5.74) is 6.11. The Hall–Kier alpha value is -1.43. The number of hydrogen-bond acceptors (Lipinski definition) is 5. The van der Waals surface area contributed by atoms with Gasteiger partial charge in [0.1, 0.15) is 0 Å². The molecule has 0 aromatic carbocycles. The molecule has 4 atom stereocenters. The first-order valence-corrected chi connectivity index (χ1v) is 5.49. The summed E-state index contributed by atoms with van der Waals surface area (Å²) in [6.45, 7) is 0. The summed E-state index contributed by atoms with van der Waals surface area (Å²) in [6.07, 6.45) is 3.41. The van der Waals surface area contributed by atoms with Gasteiger partial charge in [-0.15, -0.1) is 0 Å². The molecule has 0 saturated heterocycles. The highest BCUT2D eigenvalue weighted by atomic mass is 16.5. The van der Waals surface area contributed by atoms with E-state index in [1.165, 1.54) is 6.42 Å². The van der Waals surface area contributed by atoms with Gasteiger partial charge in [-0.2, -0.15) is 4.98 Å². The molecule has 4 unspecified atom stereocenters. The van der Waals surface area contributed by atoms with E-state index in [2.05, 4.69) is 10.1 Å². The Morgan fingerprint density at radius 3 is 2.75 bits per heavy atom. The molecule has 16 heavy (non-hydrogen) atoms. The molecule has 1 aromatic rings. The van der Waals surface area contributed by atoms with Crippen LogP contribution in [0, 0.1) is 11.8 Å². The lowest BCUT2D eigenvalue weighted by atomic mass is 9.85. The quantitative estimate of drug-likeness (QED) is 0.761. The van der Waals surface area contributed by atoms with Crippen molar-refractivity contribution >= 4 is 5.97 Å². The van der Waals surface area contributed by atoms with Crippen molar-refractivity contribution in [2.45, 2.75) is 31.2 Å². The van der Waals surface area contributed by atoms with E-state index < -0.39 is 5.97 Å². The normalized spacial score (nSPS) is 36.8. The number of carbonyl (C=O) groups is 1. The number of rotatable bonds is 2. The standard InChI is InChI=1S/C10H13N3O3/c11-7-5-2-1-4(3-5)6(7)9-12-8(10(14)15)13-16-9/h4-7H,1-3,11H2,(H,14,15). The van der Waals surface area contributed by atoms with Crippen LogP contribution in [0.3, 0.4) is 0 Å². The van der Waals surface area contributed by atoms with Crippen LogP contribution in [0.2, 0.25) is 0 Å². The van der Waals surface area contributed by atoms with Crippen LogP contribution in [-0.4, -0.2) is 27.3 Å². The maximum Gasteiger partial charge on any atom is 0.377 e. The average Bonchev–Trinajstić information content (AvgIpc) is 2.89. The number of carboxylic acids is 1. The summed E-state index contributed by atoms with van der Waals surface area (Å²) < 4.78 is 5.01. The van der Waals surface area contributed by atoms with Gasteiger partial charge in [-0.25, -0.2) is 4.79 Å². The number of nitrogens with zero attached hydrogens (tertiary/aromatic N) is 2. The first-order valence-electron chi connectivity index (χ1n) is 5.49. The summed E-state index contributed by atoms with van der Waals surface area (Å²) in [5, 5.41) is 12.2. The highest BCUT2D eigenvalue weighted by molar-refractivity contribution is 5.82. The Kier molecular flexibility index (Phi) is 2.00. The van der Waals surface area contributed by atoms with Crippen molar-refractivity contribution in [3.8, 4) is 0 Å². The second-order valence-electron chi connectivity index (χ2n) is 4.70. The van der Waals surface area contributed by atoms with Gasteiger partial charge in [-0.05, 0) is 36.3 Å². The largest absolute Gasteiger partial charge is 0.475 e. The number of hydrogen-bond donors (Lipinski definition) is 2. The van der Waals surface area contributed by atoms with Crippen LogP contribution in [0.5, 0.6) is 0 Å². The van der Waals surface area contributed by atoms with Crippen molar-refractivity contribution in [2.24, 2.45) is 17.6 Å². The minimum absolute atomic E-state index is 0.0424. The summed E-state index contributed by atoms with van der Waals surface area (Å²) in [7, 11) is 0. The molecule has 6 nitrogen and oxygen atoms in total. The van der Waals surface area contributed by atoms with Crippen LogP contribution in [0.4, 0.5) is 0 Å². The number of nitrogens with two attached hydrogens (primary N) is 1. The van der Waals surface area contributed by atoms with E-state index in [0.29, 0.717) is 17.7 Å². The maximum atomic E-state index is 10.7. The van der Waals surface area contributed by atoms with Crippen molar-refractivity contribution in [1.29, 1.82) is 0 Å². The lowest BCUT2D eigenvalue weighted by Crippen LogP contribution is -2.34. The Morgan fingerprint density at radius 2 is 2.19 bits per heavy atom. The van der Waals surface area contributed by atoms with Gasteiger partial charge in [0, 0.05) is 6.04 Å². The molecule has 3 N–H and O–H groups in total. The monoisotopic (exact) mass is 223 g/mol. The van der Waals surface area contributed by atoms with Crippen molar-refractivity contribution in [3.63, 3.8) is 0 Å². The smallest absolute Gasteiger partial charge is 0.377 e. The predicted molar refractivity (Wildman–Crippen MR) is 52.8 cm³/mol. The van der Waals surface area contributed by atoms with Crippen LogP contribution in [-0.2, 0) is 0 Å². The molecule has 0 radical (unpaired) electrons. The third kappa shape index (κ3) is 1.26. The molecule has 2 aliphatic rings. The Labute approximate surface area is 91.8 Å². The van der Waals surface area contributed by atoms with Gasteiger partial charge in [0.15, 0.2) is 0 Å². The van der Waals surface area contributed by atoms with Crippen molar-refractivity contribution in [1.82, 2.24) is 10.1 Å². The third-order valence-electron chi connectivity index (χ3n) is 3.90. The van der Waals surface area contributed by atoms with Crippen LogP contribution >= 0.6 is 0 Å². The average molecular weight is 223 g/mol. The number of aromatic carboxylic acids is 1. The van der Waals surface area contributed by atoms with E-state index in [1.54, 1.807) is 0 Å². The van der Waals surface area contributed by atoms with Gasteiger partial charge >= 0.3 is 5.97 Å². The zero-order valence-electron chi connectivity index (χ0n) is 8.67. The van der Waals surface area contributed by atoms with Gasteiger partial charge in [0.05, 0.1) is 5.92 Å². The van der Waals surface area contributed by atoms with E-state index in [9.17, 15) is 4.79 Å². The zero-order chi connectivity index (χ0) is 11.3. The maximum absolute atomic E-state index is 10.7. The van der Waals surface area contributed by atoms with Crippen LogP contribution in [0.25, 0.3) is 0 Å². The molecule has 0 spiro atoms. The summed E-state index contributed by atoms with van der Waals surface area (Å²) >= 11 is 0. The van der Waals surface area contributed by atoms with Gasteiger partial charge in [0.2, 0.25) is 5.89 Å². The molecule has 1 heterocycles. The summed E-state index contributed by atoms with van der Waals surface area (Å²) in [6, 6.07) is 0.0424. The predicted octanol–water partition coefficient (Wildman–Crippen LogP) is 0.609. The zero-order valence-corrected chi connectivity index (χ0v) is 8.67. The van der Waals surface area contributed by atoms with E-state index in [-0.39, 0.29) is 17.8 Å². The molecule has 0 aliphatic heterocycles. The first kappa shape index (κ1) is 9.77. The van der Waals surface area contributed by atoms with Gasteiger partial charge < -0.3 is 15.4 Å². The molecular weight excluding hydrogens is 210 g/mol. The number of aromatic nitrogens is 2.